The molecule has 1 fully saturated rings. The average molecular weight is 394 g/mol. The molecule has 152 valence electrons. The molecule has 1 amide bonds. The summed E-state index contributed by atoms with van der Waals surface area (Å²) in [6.07, 6.45) is 4.62. The van der Waals surface area contributed by atoms with Crippen LogP contribution in [0, 0.1) is 6.92 Å². The number of ether oxygens (including phenoxy) is 1. The van der Waals surface area contributed by atoms with Crippen LogP contribution in [0.4, 0.5) is 0 Å². The number of hydrogen-bond donors (Lipinski definition) is 1. The topological polar surface area (TPSA) is 99.2 Å². The lowest BCUT2D eigenvalue weighted by Gasteiger charge is -2.16. The van der Waals surface area contributed by atoms with Crippen molar-refractivity contribution in [1.82, 2.24) is 24.6 Å². The maximum absolute atomic E-state index is 12.9. The van der Waals surface area contributed by atoms with E-state index < -0.39 is 0 Å². The molecule has 8 nitrogen and oxygen atoms in total. The third-order valence-corrected chi connectivity index (χ3v) is 5.48. The van der Waals surface area contributed by atoms with Crippen molar-refractivity contribution in [2.24, 2.45) is 5.73 Å². The van der Waals surface area contributed by atoms with Gasteiger partial charge in [0.2, 0.25) is 5.91 Å². The Morgan fingerprint density at radius 2 is 2.14 bits per heavy atom. The van der Waals surface area contributed by atoms with E-state index in [1.807, 2.05) is 34.7 Å². The highest BCUT2D eigenvalue weighted by molar-refractivity contribution is 5.80. The normalized spacial score (nSPS) is 16.5. The Morgan fingerprint density at radius 1 is 1.31 bits per heavy atom. The monoisotopic (exact) mass is 394 g/mol. The van der Waals surface area contributed by atoms with E-state index in [1.54, 1.807) is 19.5 Å². The van der Waals surface area contributed by atoms with Crippen LogP contribution in [0.1, 0.15) is 29.2 Å². The fraction of sp³-hybridized carbons (Fsp3) is 0.429. The van der Waals surface area contributed by atoms with Crippen LogP contribution in [0.15, 0.2) is 30.6 Å². The molecule has 2 N–H and O–H groups in total. The molecule has 1 saturated heterocycles. The molecular weight excluding hydrogens is 368 g/mol. The Balaban J connectivity index is 1.48. The first-order valence-corrected chi connectivity index (χ1v) is 9.89. The van der Waals surface area contributed by atoms with Gasteiger partial charge < -0.3 is 15.4 Å². The van der Waals surface area contributed by atoms with E-state index in [0.29, 0.717) is 26.1 Å². The highest BCUT2D eigenvalue weighted by Gasteiger charge is 2.31. The van der Waals surface area contributed by atoms with Gasteiger partial charge in [-0.25, -0.2) is 14.6 Å². The molecule has 2 aromatic heterocycles. The molecule has 0 spiro atoms. The lowest BCUT2D eigenvalue weighted by Crippen LogP contribution is -2.30. The van der Waals surface area contributed by atoms with Crippen LogP contribution < -0.4 is 10.5 Å². The van der Waals surface area contributed by atoms with Crippen LogP contribution in [0.25, 0.3) is 11.2 Å². The molecule has 1 aliphatic rings. The first-order valence-electron chi connectivity index (χ1n) is 9.89. The summed E-state index contributed by atoms with van der Waals surface area (Å²) < 4.78 is 7.12. The minimum absolute atomic E-state index is 0.133. The molecule has 8 heteroatoms. The van der Waals surface area contributed by atoms with Crippen molar-refractivity contribution in [3.05, 3.63) is 47.4 Å². The Bertz CT molecular complexity index is 1030. The summed E-state index contributed by atoms with van der Waals surface area (Å²) in [5, 5.41) is 4.73. The van der Waals surface area contributed by atoms with E-state index in [1.165, 1.54) is 0 Å². The van der Waals surface area contributed by atoms with Gasteiger partial charge in [-0.2, -0.15) is 5.10 Å². The zero-order valence-corrected chi connectivity index (χ0v) is 16.8. The van der Waals surface area contributed by atoms with Crippen LogP contribution in [0.5, 0.6) is 5.75 Å². The van der Waals surface area contributed by atoms with E-state index in [0.717, 1.165) is 46.7 Å². The molecule has 3 heterocycles. The maximum Gasteiger partial charge on any atom is 0.227 e. The molecule has 0 saturated carbocycles. The van der Waals surface area contributed by atoms with Crippen LogP contribution in [-0.2, 0) is 17.8 Å². The lowest BCUT2D eigenvalue weighted by molar-refractivity contribution is -0.129. The molecular formula is C21H26N6O2. The van der Waals surface area contributed by atoms with E-state index in [-0.39, 0.29) is 11.8 Å². The number of carbonyl (C=O) groups is 1. The maximum atomic E-state index is 12.9. The predicted molar refractivity (Wildman–Crippen MR) is 110 cm³/mol. The number of aryl methyl sites for hydroxylation is 1. The van der Waals surface area contributed by atoms with Gasteiger partial charge in [-0.1, -0.05) is 12.1 Å². The number of fused-ring (bicyclic) bond motifs is 1. The van der Waals surface area contributed by atoms with Crippen LogP contribution >= 0.6 is 0 Å². The van der Waals surface area contributed by atoms with Crippen molar-refractivity contribution >= 4 is 17.1 Å². The summed E-state index contributed by atoms with van der Waals surface area (Å²) >= 11 is 0. The van der Waals surface area contributed by atoms with Crippen LogP contribution in [0.2, 0.25) is 0 Å². The van der Waals surface area contributed by atoms with Gasteiger partial charge in [0, 0.05) is 37.9 Å². The van der Waals surface area contributed by atoms with Crippen molar-refractivity contribution < 1.29 is 9.53 Å². The molecule has 0 bridgehead atoms. The summed E-state index contributed by atoms with van der Waals surface area (Å²) in [7, 11) is 1.65. The minimum Gasteiger partial charge on any atom is -0.496 e. The smallest absolute Gasteiger partial charge is 0.227 e. The summed E-state index contributed by atoms with van der Waals surface area (Å²) in [5.41, 5.74) is 10.2. The fourth-order valence-electron chi connectivity index (χ4n) is 4.03. The third-order valence-electron chi connectivity index (χ3n) is 5.48. The van der Waals surface area contributed by atoms with E-state index in [2.05, 4.69) is 9.97 Å². The summed E-state index contributed by atoms with van der Waals surface area (Å²) in [6, 6.07) is 5.89. The number of rotatable bonds is 6. The van der Waals surface area contributed by atoms with Crippen molar-refractivity contribution in [2.45, 2.75) is 32.2 Å². The Kier molecular flexibility index (Phi) is 5.44. The summed E-state index contributed by atoms with van der Waals surface area (Å²) in [4.78, 5) is 23.7. The lowest BCUT2D eigenvalue weighted by atomic mass is 10.0. The van der Waals surface area contributed by atoms with E-state index in [4.69, 9.17) is 15.6 Å². The molecule has 3 aromatic rings. The van der Waals surface area contributed by atoms with Gasteiger partial charge in [-0.15, -0.1) is 0 Å². The third kappa shape index (κ3) is 3.80. The molecule has 1 aromatic carbocycles. The van der Waals surface area contributed by atoms with Gasteiger partial charge >= 0.3 is 0 Å². The summed E-state index contributed by atoms with van der Waals surface area (Å²) in [5.74, 6) is 1.13. The molecule has 1 unspecified atom stereocenters. The highest BCUT2D eigenvalue weighted by atomic mass is 16.5. The number of hydrogen-bond acceptors (Lipinski definition) is 6. The highest BCUT2D eigenvalue weighted by Crippen LogP contribution is 2.30. The molecule has 1 aliphatic heterocycles. The summed E-state index contributed by atoms with van der Waals surface area (Å²) in [6.45, 7) is 4.46. The zero-order chi connectivity index (χ0) is 20.4. The molecule has 29 heavy (non-hydrogen) atoms. The van der Waals surface area contributed by atoms with Crippen LogP contribution in [0.3, 0.4) is 0 Å². The predicted octanol–water partition coefficient (Wildman–Crippen LogP) is 1.66. The number of nitrogens with zero attached hydrogens (tertiary/aromatic N) is 5. The zero-order valence-electron chi connectivity index (χ0n) is 16.8. The van der Waals surface area contributed by atoms with Gasteiger partial charge in [0.15, 0.2) is 5.65 Å². The number of nitrogens with two attached hydrogens (primary N) is 1. The number of carbonyl (C=O) groups excluding carboxylic acids is 1. The molecule has 0 aliphatic carbocycles. The quantitative estimate of drug-likeness (QED) is 0.683. The van der Waals surface area contributed by atoms with Gasteiger partial charge in [-0.05, 0) is 30.5 Å². The second-order valence-corrected chi connectivity index (χ2v) is 7.43. The largest absolute Gasteiger partial charge is 0.496 e. The number of likely N-dealkylation sites (tertiary alicyclic amines) is 1. The SMILES string of the molecule is COc1ccc(CC(=O)N2CCC(c3nn(CCN)c4nccnc34)C2)cc1C. The molecule has 0 radical (unpaired) electrons. The number of benzene rings is 1. The van der Waals surface area contributed by atoms with E-state index >= 15 is 0 Å². The van der Waals surface area contributed by atoms with Gasteiger partial charge in [-0.3, -0.25) is 4.79 Å². The van der Waals surface area contributed by atoms with E-state index in [9.17, 15) is 4.79 Å². The Morgan fingerprint density at radius 3 is 2.90 bits per heavy atom. The molecule has 4 rings (SSSR count). The Hall–Kier alpha value is -3.00. The van der Waals surface area contributed by atoms with Gasteiger partial charge in [0.25, 0.3) is 0 Å². The second-order valence-electron chi connectivity index (χ2n) is 7.43. The molecule has 1 atom stereocenters. The Labute approximate surface area is 169 Å². The average Bonchev–Trinajstić information content (AvgIpc) is 3.34. The second kappa shape index (κ2) is 8.16. The van der Waals surface area contributed by atoms with Gasteiger partial charge in [0.05, 0.1) is 25.8 Å². The van der Waals surface area contributed by atoms with Crippen molar-refractivity contribution in [1.29, 1.82) is 0 Å². The number of methoxy groups -OCH3 is 1. The van der Waals surface area contributed by atoms with Crippen LogP contribution in [-0.4, -0.2) is 57.3 Å². The standard InChI is InChI=1S/C21H26N6O2/c1-14-11-15(3-4-17(14)29-2)12-18(28)26-9-5-16(13-26)19-20-21(24-8-7-23-20)27(25-19)10-6-22/h3-4,7-8,11,16H,5-6,9-10,12-13,22H2,1-2H3. The number of aromatic nitrogens is 4. The van der Waals surface area contributed by atoms with Gasteiger partial charge in [0.1, 0.15) is 11.3 Å². The van der Waals surface area contributed by atoms with Crippen molar-refractivity contribution in [2.75, 3.05) is 26.7 Å². The minimum atomic E-state index is 0.133. The fourth-order valence-corrected chi connectivity index (χ4v) is 4.03. The van der Waals surface area contributed by atoms with Crippen molar-refractivity contribution in [3.63, 3.8) is 0 Å². The number of amides is 1. The first-order chi connectivity index (χ1) is 14.1. The first kappa shape index (κ1) is 19.3. The van der Waals surface area contributed by atoms with Crippen molar-refractivity contribution in [3.8, 4) is 5.75 Å².